The molecule has 2 unspecified atom stereocenters. The number of hydrogen-bond donors (Lipinski definition) is 0. The fourth-order valence-electron chi connectivity index (χ4n) is 12.7. The minimum absolute atomic E-state index is 0.00967. The van der Waals surface area contributed by atoms with E-state index in [0.29, 0.717) is 0 Å². The Labute approximate surface area is 560 Å². The van der Waals surface area contributed by atoms with Crippen LogP contribution in [-0.4, -0.2) is 64.8 Å². The largest absolute Gasteiger partial charge is 0.353 e. The third-order valence-corrected chi connectivity index (χ3v) is 18.9. The van der Waals surface area contributed by atoms with Crippen LogP contribution in [0.5, 0.6) is 0 Å². The van der Waals surface area contributed by atoms with Crippen molar-refractivity contribution in [2.24, 2.45) is 0 Å². The highest BCUT2D eigenvalue weighted by atomic mass is 16.8. The minimum atomic E-state index is -0.157. The molecule has 7 nitrogen and oxygen atoms in total. The monoisotopic (exact) mass is 1260 g/mol. The van der Waals surface area contributed by atoms with E-state index < -0.39 is 0 Å². The van der Waals surface area contributed by atoms with E-state index in [9.17, 15) is 0 Å². The summed E-state index contributed by atoms with van der Waals surface area (Å²) in [5.74, 6) is 0. The second-order valence-corrected chi connectivity index (χ2v) is 28.0. The summed E-state index contributed by atoms with van der Waals surface area (Å²) in [7, 11) is 0. The Morgan fingerprint density at radius 1 is 0.135 bits per heavy atom. The van der Waals surface area contributed by atoms with Crippen LogP contribution in [0.4, 0.5) is 0 Å². The quantitative estimate of drug-likeness (QED) is 0.0444. The molecule has 536 valence electrons. The summed E-state index contributed by atoms with van der Waals surface area (Å²) in [6.45, 7) is 18.9. The van der Waals surface area contributed by atoms with Crippen molar-refractivity contribution in [2.75, 3.05) is 39.6 Å². The van der Waals surface area contributed by atoms with Gasteiger partial charge in [-0.2, -0.15) is 0 Å². The van der Waals surface area contributed by atoms with E-state index >= 15 is 0 Å². The Kier molecular flexibility index (Phi) is 79.9. The zero-order chi connectivity index (χ0) is 64.2. The molecule has 0 aromatic rings. The highest BCUT2D eigenvalue weighted by molar-refractivity contribution is 4.60. The maximum absolute atomic E-state index is 6.87. The summed E-state index contributed by atoms with van der Waals surface area (Å²) in [4.78, 5) is 0. The van der Waals surface area contributed by atoms with Gasteiger partial charge in [-0.1, -0.05) is 375 Å². The van der Waals surface area contributed by atoms with Gasteiger partial charge in [0.2, 0.25) is 0 Å². The first-order valence-corrected chi connectivity index (χ1v) is 41.5. The van der Waals surface area contributed by atoms with Crippen LogP contribution in [-0.2, 0) is 33.2 Å². The van der Waals surface area contributed by atoms with Crippen molar-refractivity contribution in [3.8, 4) is 0 Å². The van der Waals surface area contributed by atoms with Gasteiger partial charge in [-0.15, -0.1) is 0 Å². The molecule has 0 radical (unpaired) electrons. The number of ether oxygens (including phenoxy) is 7. The van der Waals surface area contributed by atoms with Crippen LogP contribution in [0.25, 0.3) is 0 Å². The van der Waals surface area contributed by atoms with E-state index in [2.05, 4.69) is 41.5 Å². The Hall–Kier alpha value is -0.280. The molecule has 0 aliphatic carbocycles. The van der Waals surface area contributed by atoms with E-state index in [0.717, 1.165) is 78.2 Å². The summed E-state index contributed by atoms with van der Waals surface area (Å²) in [5.41, 5.74) is 0. The molecule has 89 heavy (non-hydrogen) atoms. The topological polar surface area (TPSA) is 64.6 Å². The Morgan fingerprint density at radius 2 is 0.258 bits per heavy atom. The van der Waals surface area contributed by atoms with Crippen molar-refractivity contribution in [1.82, 2.24) is 0 Å². The Morgan fingerprint density at radius 3 is 0.427 bits per heavy atom. The summed E-state index contributed by atoms with van der Waals surface area (Å²) in [5, 5.41) is 0. The van der Waals surface area contributed by atoms with Crippen LogP contribution >= 0.6 is 0 Å². The van der Waals surface area contributed by atoms with Crippen LogP contribution in [0, 0.1) is 0 Å². The van der Waals surface area contributed by atoms with E-state index in [4.69, 9.17) is 33.2 Å². The van der Waals surface area contributed by atoms with Crippen LogP contribution in [0.1, 0.15) is 465 Å². The van der Waals surface area contributed by atoms with Crippen LogP contribution in [0.2, 0.25) is 0 Å². The first-order chi connectivity index (χ1) is 44.1. The lowest BCUT2D eigenvalue weighted by molar-refractivity contribution is -0.250. The zero-order valence-electron chi connectivity index (χ0n) is 62.1. The Bertz CT molecular complexity index is 1090. The molecule has 0 heterocycles. The smallest absolute Gasteiger partial charge is 0.160 e. The maximum atomic E-state index is 6.87. The lowest BCUT2D eigenvalue weighted by atomic mass is 10.1. The summed E-state index contributed by atoms with van der Waals surface area (Å²) < 4.78 is 45.7. The normalized spacial score (nSPS) is 12.7. The molecule has 0 saturated heterocycles. The van der Waals surface area contributed by atoms with E-state index in [1.54, 1.807) is 0 Å². The van der Waals surface area contributed by atoms with Gasteiger partial charge in [0, 0.05) is 39.6 Å². The first-order valence-electron chi connectivity index (χ1n) is 41.5. The van der Waals surface area contributed by atoms with Gasteiger partial charge in [0.05, 0.1) is 0 Å². The third kappa shape index (κ3) is 73.4. The van der Waals surface area contributed by atoms with Crippen molar-refractivity contribution in [3.63, 3.8) is 0 Å². The van der Waals surface area contributed by atoms with Gasteiger partial charge >= 0.3 is 0 Å². The molecule has 0 spiro atoms. The first kappa shape index (κ1) is 88.7. The van der Waals surface area contributed by atoms with Gasteiger partial charge in [-0.25, -0.2) is 0 Å². The van der Waals surface area contributed by atoms with Gasteiger partial charge < -0.3 is 33.2 Å². The van der Waals surface area contributed by atoms with Crippen molar-refractivity contribution >= 4 is 0 Å². The highest BCUT2D eigenvalue weighted by Crippen LogP contribution is 2.23. The molecular weight excluding hydrogens is 1100 g/mol. The standard InChI is InChI=1S/C82H166O7/c1-7-13-19-25-31-45-55-63-73-83-79(84-74-64-56-46-32-26-20-14-8-2)69-59-49-41-37-35-39-43-51-61-71-81(87-77-67-53-29-23-17-11-5)89-82(88-78-68-54-30-24-18-12-6)72-62-52-44-40-36-38-42-50-60-70-80(85-75-65-57-47-33-27-21-15-9-3)86-76-66-58-48-34-28-22-16-10-4/h79-82H,7-78H2,1-6H3. The van der Waals surface area contributed by atoms with Crippen LogP contribution in [0.3, 0.4) is 0 Å². The lowest BCUT2D eigenvalue weighted by Gasteiger charge is -2.26. The predicted octanol–water partition coefficient (Wildman–Crippen LogP) is 28.3. The number of rotatable bonds is 82. The summed E-state index contributed by atoms with van der Waals surface area (Å²) in [6.07, 6.45) is 85.3. The molecule has 0 N–H and O–H groups in total. The minimum Gasteiger partial charge on any atom is -0.353 e. The molecule has 0 aromatic heterocycles. The molecule has 0 aliphatic heterocycles. The SMILES string of the molecule is CCCCCCCCCCOC(CCCCCCCCCCCC(OCCCCCCCC)OC(CCCCCCCCCCCC(OCCCCCCCCCC)OCCCCCCCCCC)OCCCCCCCC)OCCCCCCCCCC. The lowest BCUT2D eigenvalue weighted by Crippen LogP contribution is -2.28. The van der Waals surface area contributed by atoms with E-state index in [1.165, 1.54) is 385 Å². The van der Waals surface area contributed by atoms with Gasteiger partial charge in [0.25, 0.3) is 0 Å². The molecule has 0 fully saturated rings. The predicted molar refractivity (Wildman–Crippen MR) is 391 cm³/mol. The molecular formula is C82H166O7. The van der Waals surface area contributed by atoms with Crippen LogP contribution < -0.4 is 0 Å². The average molecular weight is 1260 g/mol. The second-order valence-electron chi connectivity index (χ2n) is 28.0. The third-order valence-electron chi connectivity index (χ3n) is 18.9. The van der Waals surface area contributed by atoms with Crippen molar-refractivity contribution in [1.29, 1.82) is 0 Å². The number of unbranched alkanes of at least 4 members (excludes halogenated alkanes) is 54. The summed E-state index contributed by atoms with van der Waals surface area (Å²) >= 11 is 0. The van der Waals surface area contributed by atoms with Crippen molar-refractivity contribution < 1.29 is 33.2 Å². The Balaban J connectivity index is 4.95. The maximum Gasteiger partial charge on any atom is 0.160 e. The van der Waals surface area contributed by atoms with Gasteiger partial charge in [0.1, 0.15) is 0 Å². The average Bonchev–Trinajstić information content (AvgIpc) is 3.62. The summed E-state index contributed by atoms with van der Waals surface area (Å²) in [6, 6.07) is 0. The van der Waals surface area contributed by atoms with Crippen molar-refractivity contribution in [2.45, 2.75) is 490 Å². The van der Waals surface area contributed by atoms with Crippen molar-refractivity contribution in [3.05, 3.63) is 0 Å². The molecule has 0 aliphatic rings. The number of hydrogen-bond acceptors (Lipinski definition) is 7. The van der Waals surface area contributed by atoms with Gasteiger partial charge in [0.15, 0.2) is 25.2 Å². The second kappa shape index (κ2) is 80.2. The molecule has 0 aromatic carbocycles. The molecule has 0 rings (SSSR count). The molecule has 7 heteroatoms. The van der Waals surface area contributed by atoms with Gasteiger partial charge in [-0.3, -0.25) is 0 Å². The van der Waals surface area contributed by atoms with Gasteiger partial charge in [-0.05, 0) is 89.9 Å². The molecule has 2 atom stereocenters. The zero-order valence-corrected chi connectivity index (χ0v) is 62.1. The fourth-order valence-corrected chi connectivity index (χ4v) is 12.7. The fraction of sp³-hybridized carbons (Fsp3) is 1.00. The highest BCUT2D eigenvalue weighted by Gasteiger charge is 2.19. The molecule has 0 bridgehead atoms. The van der Waals surface area contributed by atoms with E-state index in [-0.39, 0.29) is 25.2 Å². The van der Waals surface area contributed by atoms with E-state index in [1.807, 2.05) is 0 Å². The molecule has 0 saturated carbocycles. The van der Waals surface area contributed by atoms with Crippen LogP contribution in [0.15, 0.2) is 0 Å². The molecule has 0 amide bonds.